The number of methoxy groups -OCH3 is 1. The van der Waals surface area contributed by atoms with E-state index >= 15 is 0 Å². The van der Waals surface area contributed by atoms with Crippen molar-refractivity contribution in [2.45, 2.75) is 26.1 Å². The van der Waals surface area contributed by atoms with Gasteiger partial charge in [-0.05, 0) is 47.9 Å². The molecule has 0 aliphatic heterocycles. The van der Waals surface area contributed by atoms with E-state index < -0.39 is 5.97 Å². The molecule has 0 fully saturated rings. The number of benzene rings is 3. The van der Waals surface area contributed by atoms with Crippen LogP contribution in [0.5, 0.6) is 17.2 Å². The molecule has 1 aromatic heterocycles. The first kappa shape index (κ1) is 27.5. The summed E-state index contributed by atoms with van der Waals surface area (Å²) in [6, 6.07) is 16.4. The summed E-state index contributed by atoms with van der Waals surface area (Å²) >= 11 is 12.1. The number of aliphatic carboxylic acids is 1. The summed E-state index contributed by atoms with van der Waals surface area (Å²) in [7, 11) is 3.55. The summed E-state index contributed by atoms with van der Waals surface area (Å²) in [5, 5.41) is 10.0. The third-order valence-electron chi connectivity index (χ3n) is 5.57. The molecule has 0 saturated heterocycles. The maximum absolute atomic E-state index is 11.1. The van der Waals surface area contributed by atoms with Crippen LogP contribution in [0.3, 0.4) is 0 Å². The van der Waals surface area contributed by atoms with Crippen LogP contribution in [-0.4, -0.2) is 27.7 Å². The van der Waals surface area contributed by atoms with E-state index in [2.05, 4.69) is 4.98 Å². The number of carboxylic acid groups (broad SMARTS) is 1. The van der Waals surface area contributed by atoms with E-state index in [0.717, 1.165) is 33.7 Å². The number of nitrogens with zero attached hydrogens (tertiary/aromatic N) is 2. The van der Waals surface area contributed by atoms with Crippen LogP contribution in [0.25, 0.3) is 11.0 Å². The highest BCUT2D eigenvalue weighted by Crippen LogP contribution is 2.29. The second kappa shape index (κ2) is 12.2. The largest absolute Gasteiger partial charge is 0.497 e. The van der Waals surface area contributed by atoms with E-state index in [4.69, 9.17) is 42.5 Å². The summed E-state index contributed by atoms with van der Waals surface area (Å²) in [6.45, 7) is 0.487. The smallest absolute Gasteiger partial charge is 0.303 e. The van der Waals surface area contributed by atoms with Gasteiger partial charge in [0, 0.05) is 25.6 Å². The molecule has 3 aromatic carbocycles. The molecule has 0 amide bonds. The van der Waals surface area contributed by atoms with Gasteiger partial charge in [-0.3, -0.25) is 4.79 Å². The SMILES string of the molecule is COc1ccc2nc(COc3ccc(CCC(=O)O)c(OCc4ccc(Cl)c(Cl)c4)c3)n(C)c2c1.Cl. The van der Waals surface area contributed by atoms with Gasteiger partial charge in [0.05, 0.1) is 28.2 Å². The fourth-order valence-electron chi connectivity index (χ4n) is 3.62. The van der Waals surface area contributed by atoms with Crippen LogP contribution in [0.2, 0.25) is 10.0 Å². The Balaban J connectivity index is 0.00000361. The van der Waals surface area contributed by atoms with Crippen molar-refractivity contribution in [2.24, 2.45) is 7.05 Å². The fraction of sp³-hybridized carbons (Fsp3) is 0.231. The van der Waals surface area contributed by atoms with Crippen molar-refractivity contribution in [3.8, 4) is 17.2 Å². The Morgan fingerprint density at radius 1 is 0.972 bits per heavy atom. The Morgan fingerprint density at radius 2 is 1.75 bits per heavy atom. The summed E-state index contributed by atoms with van der Waals surface area (Å²) in [4.78, 5) is 15.7. The molecule has 1 heterocycles. The Morgan fingerprint density at radius 3 is 2.47 bits per heavy atom. The molecule has 0 saturated carbocycles. The van der Waals surface area contributed by atoms with Gasteiger partial charge in [0.2, 0.25) is 0 Å². The van der Waals surface area contributed by atoms with Crippen molar-refractivity contribution in [3.05, 3.63) is 81.6 Å². The van der Waals surface area contributed by atoms with Crippen LogP contribution < -0.4 is 14.2 Å². The molecule has 190 valence electrons. The molecule has 10 heteroatoms. The standard InChI is InChI=1S/C26H24Cl2N2O5.ClH/c1-30-23-12-18(33-2)7-9-22(23)29-25(30)15-34-19-6-4-17(5-10-26(31)32)24(13-19)35-14-16-3-8-20(27)21(28)11-16;/h3-4,6-9,11-13H,5,10,14-15H2,1-2H3,(H,31,32);1H. The topological polar surface area (TPSA) is 82.8 Å². The first-order valence-corrected chi connectivity index (χ1v) is 11.6. The zero-order valence-corrected chi connectivity index (χ0v) is 22.0. The van der Waals surface area contributed by atoms with Gasteiger partial charge in [0.25, 0.3) is 0 Å². The Bertz CT molecular complexity index is 1370. The number of hydrogen-bond acceptors (Lipinski definition) is 5. The molecule has 36 heavy (non-hydrogen) atoms. The fourth-order valence-corrected chi connectivity index (χ4v) is 3.94. The molecule has 0 bridgehead atoms. The number of carboxylic acids is 1. The van der Waals surface area contributed by atoms with Crippen LogP contribution in [-0.2, 0) is 31.5 Å². The van der Waals surface area contributed by atoms with Crippen LogP contribution in [0.1, 0.15) is 23.4 Å². The highest BCUT2D eigenvalue weighted by Gasteiger charge is 2.12. The Hall–Kier alpha value is -3.13. The molecule has 7 nitrogen and oxygen atoms in total. The summed E-state index contributed by atoms with van der Waals surface area (Å²) in [5.41, 5.74) is 3.40. The molecule has 4 rings (SSSR count). The van der Waals surface area contributed by atoms with Crippen molar-refractivity contribution in [2.75, 3.05) is 7.11 Å². The first-order chi connectivity index (χ1) is 16.8. The van der Waals surface area contributed by atoms with Gasteiger partial charge >= 0.3 is 5.97 Å². The van der Waals surface area contributed by atoms with Gasteiger partial charge in [0.15, 0.2) is 0 Å². The summed E-state index contributed by atoms with van der Waals surface area (Å²) < 4.78 is 19.3. The molecule has 0 aliphatic rings. The van der Waals surface area contributed by atoms with E-state index in [-0.39, 0.29) is 32.0 Å². The molecular formula is C26H25Cl3N2O5. The van der Waals surface area contributed by atoms with E-state index in [1.807, 2.05) is 41.9 Å². The lowest BCUT2D eigenvalue weighted by molar-refractivity contribution is -0.136. The molecule has 0 radical (unpaired) electrons. The molecular weight excluding hydrogens is 527 g/mol. The van der Waals surface area contributed by atoms with Gasteiger partial charge in [0.1, 0.15) is 36.3 Å². The number of ether oxygens (including phenoxy) is 3. The first-order valence-electron chi connectivity index (χ1n) is 10.9. The average Bonchev–Trinajstić information content (AvgIpc) is 3.17. The van der Waals surface area contributed by atoms with Crippen molar-refractivity contribution >= 4 is 52.6 Å². The predicted molar refractivity (Wildman–Crippen MR) is 142 cm³/mol. The maximum Gasteiger partial charge on any atom is 0.303 e. The summed E-state index contributed by atoms with van der Waals surface area (Å²) in [6.07, 6.45) is 0.325. The van der Waals surface area contributed by atoms with Gasteiger partial charge in [-0.25, -0.2) is 4.98 Å². The average molecular weight is 552 g/mol. The number of imidazole rings is 1. The minimum absolute atomic E-state index is 0. The Labute approximate surface area is 224 Å². The Kier molecular flexibility index (Phi) is 9.31. The zero-order valence-electron chi connectivity index (χ0n) is 19.7. The molecule has 0 spiro atoms. The van der Waals surface area contributed by atoms with Crippen LogP contribution in [0.15, 0.2) is 54.6 Å². The monoisotopic (exact) mass is 550 g/mol. The van der Waals surface area contributed by atoms with E-state index in [1.165, 1.54) is 0 Å². The lowest BCUT2D eigenvalue weighted by Gasteiger charge is -2.14. The lowest BCUT2D eigenvalue weighted by Crippen LogP contribution is -2.05. The highest BCUT2D eigenvalue weighted by atomic mass is 35.5. The third-order valence-corrected chi connectivity index (χ3v) is 6.31. The maximum atomic E-state index is 11.1. The lowest BCUT2D eigenvalue weighted by atomic mass is 10.1. The van der Waals surface area contributed by atoms with Gasteiger partial charge in [-0.1, -0.05) is 35.3 Å². The molecule has 0 aliphatic carbocycles. The van der Waals surface area contributed by atoms with E-state index in [9.17, 15) is 4.79 Å². The van der Waals surface area contributed by atoms with Crippen molar-refractivity contribution in [1.29, 1.82) is 0 Å². The van der Waals surface area contributed by atoms with Crippen LogP contribution >= 0.6 is 35.6 Å². The van der Waals surface area contributed by atoms with Crippen molar-refractivity contribution < 1.29 is 24.1 Å². The van der Waals surface area contributed by atoms with Gasteiger partial charge in [-0.2, -0.15) is 0 Å². The molecule has 0 atom stereocenters. The number of rotatable bonds is 10. The number of hydrogen-bond donors (Lipinski definition) is 1. The van der Waals surface area contributed by atoms with Crippen LogP contribution in [0.4, 0.5) is 0 Å². The molecule has 1 N–H and O–H groups in total. The van der Waals surface area contributed by atoms with E-state index in [1.54, 1.807) is 31.4 Å². The summed E-state index contributed by atoms with van der Waals surface area (Å²) in [5.74, 6) is 1.76. The normalized spacial score (nSPS) is 10.7. The minimum atomic E-state index is -0.876. The highest BCUT2D eigenvalue weighted by molar-refractivity contribution is 6.42. The third kappa shape index (κ3) is 6.55. The van der Waals surface area contributed by atoms with Crippen molar-refractivity contribution in [1.82, 2.24) is 9.55 Å². The minimum Gasteiger partial charge on any atom is -0.497 e. The number of fused-ring (bicyclic) bond motifs is 1. The second-order valence-corrected chi connectivity index (χ2v) is 8.75. The van der Waals surface area contributed by atoms with E-state index in [0.29, 0.717) is 28.0 Å². The predicted octanol–water partition coefficient (Wildman–Crippen LogP) is 6.49. The quantitative estimate of drug-likeness (QED) is 0.243. The number of carbonyl (C=O) groups is 1. The van der Waals surface area contributed by atoms with Gasteiger partial charge in [-0.15, -0.1) is 12.4 Å². The molecule has 0 unspecified atom stereocenters. The van der Waals surface area contributed by atoms with Crippen LogP contribution in [0, 0.1) is 0 Å². The molecule has 4 aromatic rings. The number of aromatic nitrogens is 2. The number of aryl methyl sites for hydroxylation is 2. The van der Waals surface area contributed by atoms with Crippen molar-refractivity contribution in [3.63, 3.8) is 0 Å². The number of halogens is 3. The zero-order chi connectivity index (χ0) is 24.9. The van der Waals surface area contributed by atoms with Gasteiger partial charge < -0.3 is 23.9 Å². The second-order valence-electron chi connectivity index (χ2n) is 7.93.